The molecule has 1 aromatic carbocycles. The average Bonchev–Trinajstić information content (AvgIpc) is 2.45. The van der Waals surface area contributed by atoms with Crippen LogP contribution in [0.4, 0.5) is 0 Å². The first-order valence-corrected chi connectivity index (χ1v) is 7.21. The summed E-state index contributed by atoms with van der Waals surface area (Å²) < 4.78 is 11.1. The van der Waals surface area contributed by atoms with Crippen molar-refractivity contribution >= 4 is 0 Å². The van der Waals surface area contributed by atoms with Gasteiger partial charge in [0, 0.05) is 12.8 Å². The van der Waals surface area contributed by atoms with Gasteiger partial charge in [-0.2, -0.15) is 0 Å². The molecule has 1 aliphatic rings. The molecule has 19 heavy (non-hydrogen) atoms. The average molecular weight is 264 g/mol. The maximum absolute atomic E-state index is 10.5. The molecule has 0 bridgehead atoms. The number of ether oxygens (including phenoxy) is 2. The lowest BCUT2D eigenvalue weighted by atomic mass is 9.94. The Labute approximate surface area is 115 Å². The molecule has 0 radical (unpaired) electrons. The summed E-state index contributed by atoms with van der Waals surface area (Å²) in [6.45, 7) is 2.13. The molecule has 2 atom stereocenters. The van der Waals surface area contributed by atoms with Gasteiger partial charge in [-0.05, 0) is 37.0 Å². The summed E-state index contributed by atoms with van der Waals surface area (Å²) in [5.41, 5.74) is 1.12. The molecule has 1 aromatic rings. The molecule has 0 aromatic heterocycles. The highest BCUT2D eigenvalue weighted by Gasteiger charge is 2.35. The van der Waals surface area contributed by atoms with E-state index >= 15 is 0 Å². The summed E-state index contributed by atoms with van der Waals surface area (Å²) in [5, 5.41) is 10.5. The molecule has 1 aliphatic heterocycles. The summed E-state index contributed by atoms with van der Waals surface area (Å²) in [5.74, 6) is -0.0837. The molecule has 3 heteroatoms. The first-order valence-electron chi connectivity index (χ1n) is 7.21. The Morgan fingerprint density at radius 1 is 1.37 bits per heavy atom. The van der Waals surface area contributed by atoms with Crippen LogP contribution in [0.3, 0.4) is 0 Å². The molecule has 1 heterocycles. The Hall–Kier alpha value is -1.06. The maximum atomic E-state index is 10.5. The van der Waals surface area contributed by atoms with Crippen molar-refractivity contribution < 1.29 is 14.6 Å². The number of hydrogen-bond donors (Lipinski definition) is 1. The van der Waals surface area contributed by atoms with Gasteiger partial charge in [-0.25, -0.2) is 0 Å². The van der Waals surface area contributed by atoms with E-state index in [4.69, 9.17) is 9.47 Å². The second kappa shape index (κ2) is 6.40. The third-order valence-electron chi connectivity index (χ3n) is 3.80. The SMILES string of the molecule is CCCCC1(O)CCC[C@H](c2ccc(OC)cc2)O1. The Balaban J connectivity index is 2.03. The molecule has 0 aliphatic carbocycles. The predicted molar refractivity (Wildman–Crippen MR) is 75.1 cm³/mol. The van der Waals surface area contributed by atoms with Crippen LogP contribution >= 0.6 is 0 Å². The van der Waals surface area contributed by atoms with E-state index in [9.17, 15) is 5.11 Å². The van der Waals surface area contributed by atoms with Gasteiger partial charge in [0.25, 0.3) is 0 Å². The molecule has 0 amide bonds. The monoisotopic (exact) mass is 264 g/mol. The minimum atomic E-state index is -0.932. The lowest BCUT2D eigenvalue weighted by Crippen LogP contribution is -2.37. The van der Waals surface area contributed by atoms with Gasteiger partial charge < -0.3 is 14.6 Å². The Kier molecular flexibility index (Phi) is 4.83. The number of benzene rings is 1. The number of hydrogen-bond acceptors (Lipinski definition) is 3. The Morgan fingerprint density at radius 3 is 2.74 bits per heavy atom. The fourth-order valence-corrected chi connectivity index (χ4v) is 2.64. The lowest BCUT2D eigenvalue weighted by molar-refractivity contribution is -0.259. The first-order chi connectivity index (χ1) is 9.17. The third kappa shape index (κ3) is 3.71. The molecule has 3 nitrogen and oxygen atoms in total. The van der Waals surface area contributed by atoms with Gasteiger partial charge in [-0.15, -0.1) is 0 Å². The van der Waals surface area contributed by atoms with Gasteiger partial charge in [0.05, 0.1) is 13.2 Å². The van der Waals surface area contributed by atoms with Crippen molar-refractivity contribution in [3.8, 4) is 5.75 Å². The summed E-state index contributed by atoms with van der Waals surface area (Å²) in [6, 6.07) is 7.93. The number of aliphatic hydroxyl groups is 1. The summed E-state index contributed by atoms with van der Waals surface area (Å²) in [6.07, 6.45) is 5.56. The van der Waals surface area contributed by atoms with Crippen LogP contribution in [0.1, 0.15) is 57.1 Å². The van der Waals surface area contributed by atoms with Crippen LogP contribution in [-0.4, -0.2) is 18.0 Å². The second-order valence-corrected chi connectivity index (χ2v) is 5.32. The van der Waals surface area contributed by atoms with E-state index in [2.05, 4.69) is 6.92 Å². The Bertz CT molecular complexity index is 387. The van der Waals surface area contributed by atoms with E-state index in [-0.39, 0.29) is 6.10 Å². The molecule has 0 saturated carbocycles. The fraction of sp³-hybridized carbons (Fsp3) is 0.625. The fourth-order valence-electron chi connectivity index (χ4n) is 2.64. The Morgan fingerprint density at radius 2 is 2.11 bits per heavy atom. The normalized spacial score (nSPS) is 27.2. The van der Waals surface area contributed by atoms with Gasteiger partial charge >= 0.3 is 0 Å². The quantitative estimate of drug-likeness (QED) is 0.878. The zero-order chi connectivity index (χ0) is 13.7. The number of rotatable bonds is 5. The third-order valence-corrected chi connectivity index (χ3v) is 3.80. The molecule has 1 fully saturated rings. The highest BCUT2D eigenvalue weighted by atomic mass is 16.6. The molecule has 1 N–H and O–H groups in total. The van der Waals surface area contributed by atoms with Crippen LogP contribution in [0.25, 0.3) is 0 Å². The number of methoxy groups -OCH3 is 1. The number of unbranched alkanes of at least 4 members (excludes halogenated alkanes) is 1. The van der Waals surface area contributed by atoms with Crippen molar-refractivity contribution in [2.24, 2.45) is 0 Å². The molecule has 106 valence electrons. The minimum Gasteiger partial charge on any atom is -0.497 e. The van der Waals surface area contributed by atoms with E-state index in [1.54, 1.807) is 7.11 Å². The highest BCUT2D eigenvalue weighted by Crippen LogP contribution is 2.38. The standard InChI is InChI=1S/C16H24O3/c1-3-4-11-16(17)12-5-6-15(19-16)13-7-9-14(18-2)10-8-13/h7-10,15,17H,3-6,11-12H2,1-2H3/t15-,16?/m1/s1. The van der Waals surface area contributed by atoms with E-state index in [0.29, 0.717) is 0 Å². The van der Waals surface area contributed by atoms with Crippen LogP contribution in [0.15, 0.2) is 24.3 Å². The summed E-state index contributed by atoms with van der Waals surface area (Å²) in [4.78, 5) is 0. The zero-order valence-corrected chi connectivity index (χ0v) is 11.9. The van der Waals surface area contributed by atoms with Crippen molar-refractivity contribution in [1.82, 2.24) is 0 Å². The first kappa shape index (κ1) is 14.4. The zero-order valence-electron chi connectivity index (χ0n) is 11.9. The smallest absolute Gasteiger partial charge is 0.166 e. The van der Waals surface area contributed by atoms with Crippen molar-refractivity contribution in [2.75, 3.05) is 7.11 Å². The summed E-state index contributed by atoms with van der Waals surface area (Å²) in [7, 11) is 1.66. The van der Waals surface area contributed by atoms with Crippen molar-refractivity contribution in [3.63, 3.8) is 0 Å². The van der Waals surface area contributed by atoms with E-state index in [1.165, 1.54) is 0 Å². The predicted octanol–water partition coefficient (Wildman–Crippen LogP) is 3.82. The molecule has 1 saturated heterocycles. The van der Waals surface area contributed by atoms with Crippen molar-refractivity contribution in [3.05, 3.63) is 29.8 Å². The van der Waals surface area contributed by atoms with Crippen LogP contribution < -0.4 is 4.74 Å². The van der Waals surface area contributed by atoms with Gasteiger partial charge in [0.1, 0.15) is 5.75 Å². The van der Waals surface area contributed by atoms with Crippen LogP contribution in [0.2, 0.25) is 0 Å². The lowest BCUT2D eigenvalue weighted by Gasteiger charge is -2.37. The van der Waals surface area contributed by atoms with Crippen molar-refractivity contribution in [1.29, 1.82) is 0 Å². The molecular formula is C16H24O3. The topological polar surface area (TPSA) is 38.7 Å². The van der Waals surface area contributed by atoms with Crippen LogP contribution in [0, 0.1) is 0 Å². The van der Waals surface area contributed by atoms with Gasteiger partial charge in [0.2, 0.25) is 0 Å². The van der Waals surface area contributed by atoms with Crippen molar-refractivity contribution in [2.45, 2.75) is 57.3 Å². The molecular weight excluding hydrogens is 240 g/mol. The molecule has 1 unspecified atom stereocenters. The van der Waals surface area contributed by atoms with E-state index < -0.39 is 5.79 Å². The van der Waals surface area contributed by atoms with Gasteiger partial charge in [-0.3, -0.25) is 0 Å². The van der Waals surface area contributed by atoms with E-state index in [0.717, 1.165) is 49.8 Å². The van der Waals surface area contributed by atoms with Gasteiger partial charge in [0.15, 0.2) is 5.79 Å². The minimum absolute atomic E-state index is 0.00140. The van der Waals surface area contributed by atoms with Gasteiger partial charge in [-0.1, -0.05) is 25.5 Å². The maximum Gasteiger partial charge on any atom is 0.166 e. The van der Waals surface area contributed by atoms with E-state index in [1.807, 2.05) is 24.3 Å². The molecule has 0 spiro atoms. The van der Waals surface area contributed by atoms with Crippen LogP contribution in [-0.2, 0) is 4.74 Å². The highest BCUT2D eigenvalue weighted by molar-refractivity contribution is 5.28. The second-order valence-electron chi connectivity index (χ2n) is 5.32. The largest absolute Gasteiger partial charge is 0.497 e. The van der Waals surface area contributed by atoms with Crippen LogP contribution in [0.5, 0.6) is 5.75 Å². The summed E-state index contributed by atoms with van der Waals surface area (Å²) >= 11 is 0. The molecule has 2 rings (SSSR count).